The van der Waals surface area contributed by atoms with E-state index in [1.165, 1.54) is 90.0 Å². The van der Waals surface area contributed by atoms with E-state index >= 15 is 0 Å². The van der Waals surface area contributed by atoms with Crippen LogP contribution in [0.3, 0.4) is 0 Å². The van der Waals surface area contributed by atoms with Crippen LogP contribution in [0, 0.1) is 0 Å². The molecule has 21 heavy (non-hydrogen) atoms. The molecule has 128 valence electrons. The summed E-state index contributed by atoms with van der Waals surface area (Å²) in [4.78, 5) is 0. The van der Waals surface area contributed by atoms with Crippen LogP contribution in [-0.2, 0) is 4.74 Å². The minimum absolute atomic E-state index is 0. The number of halogens is 1. The van der Waals surface area contributed by atoms with Crippen molar-refractivity contribution in [2.75, 3.05) is 19.7 Å². The van der Waals surface area contributed by atoms with Crippen LogP contribution < -0.4 is 5.32 Å². The summed E-state index contributed by atoms with van der Waals surface area (Å²) in [5.74, 6) is 0. The lowest BCUT2D eigenvalue weighted by molar-refractivity contribution is 0.395. The number of nitrogens with one attached hydrogen (secondary N) is 1. The molecule has 2 nitrogen and oxygen atoms in total. The van der Waals surface area contributed by atoms with Crippen molar-refractivity contribution in [1.82, 2.24) is 5.32 Å². The molecule has 0 aromatic carbocycles. The Hall–Kier alpha value is 0.400. The minimum Gasteiger partial charge on any atom is -0.372 e. The van der Waals surface area contributed by atoms with Gasteiger partial charge in [-0.1, -0.05) is 84.0 Å². The van der Waals surface area contributed by atoms with Gasteiger partial charge in [-0.2, -0.15) is 0 Å². The third kappa shape index (κ3) is 16.6. The highest BCUT2D eigenvalue weighted by molar-refractivity contribution is 8.93. The fourth-order valence-corrected chi connectivity index (χ4v) is 2.72. The van der Waals surface area contributed by atoms with E-state index < -0.39 is 0 Å². The molecule has 1 fully saturated rings. The summed E-state index contributed by atoms with van der Waals surface area (Å²) in [5, 5.41) is 3.46. The predicted octanol–water partition coefficient (Wildman–Crippen LogP) is 5.64. The molecule has 1 unspecified atom stereocenters. The number of hydrogen-bond donors (Lipinski definition) is 1. The first kappa shape index (κ1) is 21.4. The first-order valence-electron chi connectivity index (χ1n) is 9.26. The summed E-state index contributed by atoms with van der Waals surface area (Å²) in [5.41, 5.74) is 0. The van der Waals surface area contributed by atoms with Crippen LogP contribution in [0.2, 0.25) is 0 Å². The van der Waals surface area contributed by atoms with Crippen molar-refractivity contribution in [3.05, 3.63) is 0 Å². The quantitative estimate of drug-likeness (QED) is 0.283. The van der Waals surface area contributed by atoms with Crippen LogP contribution in [0.4, 0.5) is 0 Å². The van der Waals surface area contributed by atoms with Crippen molar-refractivity contribution < 1.29 is 4.74 Å². The van der Waals surface area contributed by atoms with Gasteiger partial charge in [-0.15, -0.1) is 17.0 Å². The summed E-state index contributed by atoms with van der Waals surface area (Å²) < 4.78 is 5.17. The zero-order valence-electron chi connectivity index (χ0n) is 14.2. The highest BCUT2D eigenvalue weighted by Gasteiger charge is 2.20. The first-order chi connectivity index (χ1) is 9.93. The van der Waals surface area contributed by atoms with E-state index in [0.717, 1.165) is 13.2 Å². The molecule has 0 aromatic heterocycles. The highest BCUT2D eigenvalue weighted by Crippen LogP contribution is 2.12. The molecule has 0 radical (unpaired) electrons. The molecule has 1 saturated heterocycles. The average Bonchev–Trinajstić information content (AvgIpc) is 3.27. The van der Waals surface area contributed by atoms with Crippen molar-refractivity contribution in [2.45, 2.75) is 96.5 Å². The fourth-order valence-electron chi connectivity index (χ4n) is 2.72. The third-order valence-corrected chi connectivity index (χ3v) is 4.23. The number of unbranched alkanes of at least 4 members (excludes halogenated alkanes) is 12. The zero-order chi connectivity index (χ0) is 14.3. The van der Waals surface area contributed by atoms with Gasteiger partial charge < -0.3 is 10.1 Å². The van der Waals surface area contributed by atoms with Crippen molar-refractivity contribution >= 4 is 17.0 Å². The van der Waals surface area contributed by atoms with Crippen molar-refractivity contribution in [3.8, 4) is 0 Å². The monoisotopic (exact) mass is 363 g/mol. The second kappa shape index (κ2) is 16.8. The van der Waals surface area contributed by atoms with Crippen molar-refractivity contribution in [1.29, 1.82) is 0 Å². The van der Waals surface area contributed by atoms with Crippen LogP contribution in [-0.4, -0.2) is 25.8 Å². The van der Waals surface area contributed by atoms with Gasteiger partial charge in [0.25, 0.3) is 0 Å². The lowest BCUT2D eigenvalue weighted by Gasteiger charge is -2.04. The second-order valence-electron chi connectivity index (χ2n) is 6.40. The Kier molecular flexibility index (Phi) is 17.1. The molecule has 0 aliphatic carbocycles. The van der Waals surface area contributed by atoms with E-state index in [-0.39, 0.29) is 17.0 Å². The summed E-state index contributed by atoms with van der Waals surface area (Å²) in [6, 6.07) is 0. The van der Waals surface area contributed by atoms with Gasteiger partial charge in [0.1, 0.15) is 0 Å². The normalized spacial score (nSPS) is 16.7. The van der Waals surface area contributed by atoms with Crippen LogP contribution >= 0.6 is 17.0 Å². The van der Waals surface area contributed by atoms with Gasteiger partial charge in [-0.25, -0.2) is 0 Å². The van der Waals surface area contributed by atoms with E-state index in [9.17, 15) is 0 Å². The van der Waals surface area contributed by atoms with Gasteiger partial charge in [0, 0.05) is 6.54 Å². The molecule has 0 saturated carbocycles. The molecule has 1 atom stereocenters. The highest BCUT2D eigenvalue weighted by atomic mass is 79.9. The van der Waals surface area contributed by atoms with E-state index in [2.05, 4.69) is 12.2 Å². The Balaban J connectivity index is 0.00000400. The van der Waals surface area contributed by atoms with Gasteiger partial charge in [-0.05, 0) is 13.0 Å². The molecule has 0 spiro atoms. The summed E-state index contributed by atoms with van der Waals surface area (Å²) >= 11 is 0. The van der Waals surface area contributed by atoms with Crippen LogP contribution in [0.5, 0.6) is 0 Å². The molecule has 0 bridgehead atoms. The maximum Gasteiger partial charge on any atom is 0.0933 e. The Morgan fingerprint density at radius 2 is 1.19 bits per heavy atom. The largest absolute Gasteiger partial charge is 0.372 e. The summed E-state index contributed by atoms with van der Waals surface area (Å²) in [6.07, 6.45) is 19.2. The number of hydrogen-bond acceptors (Lipinski definition) is 2. The standard InChI is InChI=1S/C18H37NO.BrH/c1-2-3-4-5-6-7-8-9-10-11-12-13-14-15-19-16-18-17-20-18;/h18-19H,2-17H2,1H3;1H. The van der Waals surface area contributed by atoms with Crippen LogP contribution in [0.15, 0.2) is 0 Å². The minimum atomic E-state index is 0. The van der Waals surface area contributed by atoms with Crippen molar-refractivity contribution in [2.24, 2.45) is 0 Å². The lowest BCUT2D eigenvalue weighted by Crippen LogP contribution is -2.20. The Morgan fingerprint density at radius 3 is 1.62 bits per heavy atom. The molecule has 1 aliphatic heterocycles. The van der Waals surface area contributed by atoms with Gasteiger partial charge in [0.2, 0.25) is 0 Å². The Bertz CT molecular complexity index is 198. The lowest BCUT2D eigenvalue weighted by atomic mass is 10.0. The number of epoxide rings is 1. The first-order valence-corrected chi connectivity index (χ1v) is 9.26. The maximum atomic E-state index is 5.17. The molecule has 1 rings (SSSR count). The molecule has 0 amide bonds. The van der Waals surface area contributed by atoms with Gasteiger partial charge in [-0.3, -0.25) is 0 Å². The van der Waals surface area contributed by atoms with Crippen molar-refractivity contribution in [3.63, 3.8) is 0 Å². The molecular weight excluding hydrogens is 326 g/mol. The average molecular weight is 364 g/mol. The van der Waals surface area contributed by atoms with E-state index in [0.29, 0.717) is 6.10 Å². The molecule has 1 aliphatic rings. The smallest absolute Gasteiger partial charge is 0.0933 e. The van der Waals surface area contributed by atoms with E-state index in [1.807, 2.05) is 0 Å². The van der Waals surface area contributed by atoms with E-state index in [4.69, 9.17) is 4.74 Å². The Morgan fingerprint density at radius 1 is 0.762 bits per heavy atom. The van der Waals surface area contributed by atoms with Crippen LogP contribution in [0.1, 0.15) is 90.4 Å². The zero-order valence-corrected chi connectivity index (χ0v) is 15.9. The molecule has 3 heteroatoms. The maximum absolute atomic E-state index is 5.17. The molecular formula is C18H38BrNO. The molecule has 0 aromatic rings. The molecule has 1 heterocycles. The van der Waals surface area contributed by atoms with Gasteiger partial charge in [0.05, 0.1) is 12.7 Å². The van der Waals surface area contributed by atoms with Gasteiger partial charge in [0.15, 0.2) is 0 Å². The third-order valence-electron chi connectivity index (χ3n) is 4.23. The Labute approximate surface area is 143 Å². The SMILES string of the molecule is Br.CCCCCCCCCCCCCCCNCC1CO1. The van der Waals surface area contributed by atoms with E-state index in [1.54, 1.807) is 0 Å². The van der Waals surface area contributed by atoms with Gasteiger partial charge >= 0.3 is 0 Å². The topological polar surface area (TPSA) is 24.6 Å². The summed E-state index contributed by atoms with van der Waals surface area (Å²) in [7, 11) is 0. The summed E-state index contributed by atoms with van der Waals surface area (Å²) in [6.45, 7) is 5.51. The second-order valence-corrected chi connectivity index (χ2v) is 6.40. The number of rotatable bonds is 16. The predicted molar refractivity (Wildman–Crippen MR) is 98.6 cm³/mol. The molecule has 1 N–H and O–H groups in total. The fraction of sp³-hybridized carbons (Fsp3) is 1.00. The van der Waals surface area contributed by atoms with Crippen LogP contribution in [0.25, 0.3) is 0 Å². The number of ether oxygens (including phenoxy) is 1.